The number of anilines is 1. The van der Waals surface area contributed by atoms with Gasteiger partial charge in [-0.15, -0.1) is 0 Å². The summed E-state index contributed by atoms with van der Waals surface area (Å²) in [6, 6.07) is 11.8. The third-order valence-electron chi connectivity index (χ3n) is 4.34. The van der Waals surface area contributed by atoms with Crippen LogP contribution in [0.3, 0.4) is 0 Å². The number of hydrogen-bond donors (Lipinski definition) is 0. The van der Waals surface area contributed by atoms with E-state index in [0.717, 1.165) is 29.1 Å². The quantitative estimate of drug-likeness (QED) is 0.721. The summed E-state index contributed by atoms with van der Waals surface area (Å²) in [5.74, 6) is 0.110. The van der Waals surface area contributed by atoms with E-state index in [0.29, 0.717) is 6.54 Å². The predicted molar refractivity (Wildman–Crippen MR) is 96.5 cm³/mol. The zero-order chi connectivity index (χ0) is 16.7. The lowest BCUT2D eigenvalue weighted by Gasteiger charge is -2.33. The molecule has 0 unspecified atom stereocenters. The normalized spacial score (nSPS) is 17.7. The Bertz CT molecular complexity index is 961. The largest absolute Gasteiger partial charge is 0.270 e. The molecule has 0 saturated heterocycles. The van der Waals surface area contributed by atoms with E-state index < -0.39 is 10.0 Å². The van der Waals surface area contributed by atoms with Crippen molar-refractivity contribution in [3.05, 3.63) is 64.6 Å². The molecule has 0 amide bonds. The van der Waals surface area contributed by atoms with E-state index in [9.17, 15) is 8.42 Å². The van der Waals surface area contributed by atoms with Gasteiger partial charge < -0.3 is 0 Å². The molecule has 24 heavy (non-hydrogen) atoms. The first-order valence-corrected chi connectivity index (χ1v) is 10.5. The summed E-state index contributed by atoms with van der Waals surface area (Å²) in [7, 11) is -3.27. The van der Waals surface area contributed by atoms with Crippen molar-refractivity contribution in [2.45, 2.75) is 12.3 Å². The van der Waals surface area contributed by atoms with Gasteiger partial charge in [-0.05, 0) is 35.6 Å². The number of rotatable bonds is 3. The van der Waals surface area contributed by atoms with Gasteiger partial charge in [0.1, 0.15) is 0 Å². The van der Waals surface area contributed by atoms with E-state index in [4.69, 9.17) is 5.10 Å². The van der Waals surface area contributed by atoms with Crippen molar-refractivity contribution in [2.75, 3.05) is 17.1 Å². The Morgan fingerprint density at radius 1 is 1.21 bits per heavy atom. The first-order valence-electron chi connectivity index (χ1n) is 7.69. The van der Waals surface area contributed by atoms with E-state index in [1.807, 2.05) is 52.7 Å². The number of hydrogen-bond acceptors (Lipinski definition) is 4. The molecule has 1 aliphatic rings. The van der Waals surface area contributed by atoms with Gasteiger partial charge >= 0.3 is 0 Å². The Kier molecular flexibility index (Phi) is 3.69. The van der Waals surface area contributed by atoms with Crippen LogP contribution in [0.5, 0.6) is 0 Å². The zero-order valence-corrected chi connectivity index (χ0v) is 14.8. The van der Waals surface area contributed by atoms with Crippen LogP contribution in [0.15, 0.2) is 53.4 Å². The highest BCUT2D eigenvalue weighted by Crippen LogP contribution is 2.39. The maximum absolute atomic E-state index is 12.1. The Morgan fingerprint density at radius 2 is 2.04 bits per heavy atom. The van der Waals surface area contributed by atoms with Crippen LogP contribution in [0.4, 0.5) is 5.69 Å². The second-order valence-corrected chi connectivity index (χ2v) is 8.59. The minimum absolute atomic E-state index is 0.110. The van der Waals surface area contributed by atoms with Crippen LogP contribution in [-0.4, -0.2) is 31.0 Å². The summed E-state index contributed by atoms with van der Waals surface area (Å²) >= 11 is 1.64. The molecule has 1 atom stereocenters. The number of aromatic nitrogens is 2. The maximum atomic E-state index is 12.1. The molecule has 0 N–H and O–H groups in total. The maximum Gasteiger partial charge on any atom is 0.232 e. The molecule has 2 aromatic heterocycles. The molecule has 0 bridgehead atoms. The third kappa shape index (κ3) is 2.63. The Labute approximate surface area is 145 Å². The molecule has 0 saturated carbocycles. The lowest BCUT2D eigenvalue weighted by Crippen LogP contribution is -2.36. The molecule has 124 valence electrons. The number of benzene rings is 1. The molecule has 3 aromatic rings. The third-order valence-corrected chi connectivity index (χ3v) is 6.19. The molecule has 1 aliphatic heterocycles. The molecule has 3 heterocycles. The average molecular weight is 359 g/mol. The van der Waals surface area contributed by atoms with Gasteiger partial charge in [-0.3, -0.25) is 4.31 Å². The van der Waals surface area contributed by atoms with E-state index in [2.05, 4.69) is 5.38 Å². The highest BCUT2D eigenvalue weighted by atomic mass is 32.2. The standard InChI is InChI=1S/C17H17N3O2S2/c1-24(21,22)20-10-6-14(15-4-2-3-5-17(15)20)16-7-9-19(18-16)13-8-11-23-12-13/h2-5,7-9,11-12,14H,6,10H2,1H3/t14-/m1/s1. The zero-order valence-electron chi connectivity index (χ0n) is 13.2. The number of fused-ring (bicyclic) bond motifs is 1. The van der Waals surface area contributed by atoms with Crippen molar-refractivity contribution in [3.8, 4) is 5.69 Å². The first-order chi connectivity index (χ1) is 11.5. The molecule has 5 nitrogen and oxygen atoms in total. The summed E-state index contributed by atoms with van der Waals surface area (Å²) in [6.45, 7) is 0.478. The van der Waals surface area contributed by atoms with Crippen LogP contribution in [0, 0.1) is 0 Å². The minimum Gasteiger partial charge on any atom is -0.270 e. The van der Waals surface area contributed by atoms with Crippen LogP contribution >= 0.6 is 11.3 Å². The highest BCUT2D eigenvalue weighted by Gasteiger charge is 2.31. The Balaban J connectivity index is 1.75. The fourth-order valence-corrected chi connectivity index (χ4v) is 4.82. The fourth-order valence-electron chi connectivity index (χ4n) is 3.24. The Hall–Kier alpha value is -2.12. The van der Waals surface area contributed by atoms with E-state index in [-0.39, 0.29) is 5.92 Å². The smallest absolute Gasteiger partial charge is 0.232 e. The average Bonchev–Trinajstić information content (AvgIpc) is 3.24. The van der Waals surface area contributed by atoms with Crippen molar-refractivity contribution >= 4 is 27.0 Å². The van der Waals surface area contributed by atoms with E-state index >= 15 is 0 Å². The van der Waals surface area contributed by atoms with Gasteiger partial charge in [0.2, 0.25) is 10.0 Å². The topological polar surface area (TPSA) is 55.2 Å². The van der Waals surface area contributed by atoms with Crippen LogP contribution in [-0.2, 0) is 10.0 Å². The van der Waals surface area contributed by atoms with Crippen LogP contribution in [0.1, 0.15) is 23.6 Å². The highest BCUT2D eigenvalue weighted by molar-refractivity contribution is 7.92. The van der Waals surface area contributed by atoms with Crippen molar-refractivity contribution in [1.82, 2.24) is 9.78 Å². The van der Waals surface area contributed by atoms with Crippen LogP contribution in [0.2, 0.25) is 0 Å². The lowest BCUT2D eigenvalue weighted by molar-refractivity contribution is 0.585. The number of para-hydroxylation sites is 1. The van der Waals surface area contributed by atoms with Crippen molar-refractivity contribution in [2.24, 2.45) is 0 Å². The monoisotopic (exact) mass is 359 g/mol. The molecule has 4 rings (SSSR count). The summed E-state index contributed by atoms with van der Waals surface area (Å²) in [5.41, 5.74) is 3.81. The van der Waals surface area contributed by atoms with Crippen molar-refractivity contribution in [3.63, 3.8) is 0 Å². The molecule has 0 aliphatic carbocycles. The molecular formula is C17H17N3O2S2. The number of thiophene rings is 1. The summed E-state index contributed by atoms with van der Waals surface area (Å²) < 4.78 is 27.5. The molecule has 0 fully saturated rings. The van der Waals surface area contributed by atoms with Gasteiger partial charge in [-0.1, -0.05) is 18.2 Å². The molecule has 0 radical (unpaired) electrons. The van der Waals surface area contributed by atoms with Gasteiger partial charge in [-0.25, -0.2) is 13.1 Å². The van der Waals surface area contributed by atoms with Gasteiger partial charge in [0, 0.05) is 24.0 Å². The minimum atomic E-state index is -3.27. The van der Waals surface area contributed by atoms with Crippen LogP contribution in [0.25, 0.3) is 5.69 Å². The summed E-state index contributed by atoms with van der Waals surface area (Å²) in [5, 5.41) is 8.79. The van der Waals surface area contributed by atoms with Gasteiger partial charge in [0.25, 0.3) is 0 Å². The SMILES string of the molecule is CS(=O)(=O)N1CC[C@@H](c2ccn(-c3ccsc3)n2)c2ccccc21. The van der Waals surface area contributed by atoms with Gasteiger partial charge in [0.05, 0.1) is 23.3 Å². The van der Waals surface area contributed by atoms with Gasteiger partial charge in [-0.2, -0.15) is 16.4 Å². The first kappa shape index (κ1) is 15.4. The van der Waals surface area contributed by atoms with Crippen molar-refractivity contribution in [1.29, 1.82) is 0 Å². The second-order valence-electron chi connectivity index (χ2n) is 5.90. The predicted octanol–water partition coefficient (Wildman–Crippen LogP) is 3.24. The van der Waals surface area contributed by atoms with Gasteiger partial charge in [0.15, 0.2) is 0 Å². The van der Waals surface area contributed by atoms with Crippen LogP contribution < -0.4 is 4.31 Å². The molecule has 0 spiro atoms. The van der Waals surface area contributed by atoms with E-state index in [1.54, 1.807) is 11.3 Å². The molecule has 1 aromatic carbocycles. The molecule has 7 heteroatoms. The second kappa shape index (κ2) is 5.75. The van der Waals surface area contributed by atoms with Crippen molar-refractivity contribution < 1.29 is 8.42 Å². The Morgan fingerprint density at radius 3 is 2.79 bits per heavy atom. The van der Waals surface area contributed by atoms with E-state index in [1.165, 1.54) is 10.6 Å². The summed E-state index contributed by atoms with van der Waals surface area (Å²) in [6.07, 6.45) is 3.95. The summed E-state index contributed by atoms with van der Waals surface area (Å²) in [4.78, 5) is 0. The fraction of sp³-hybridized carbons (Fsp3) is 0.235. The lowest BCUT2D eigenvalue weighted by atomic mass is 9.88. The number of sulfonamides is 1. The molecular weight excluding hydrogens is 342 g/mol. The number of nitrogens with zero attached hydrogens (tertiary/aromatic N) is 3.